The van der Waals surface area contributed by atoms with Gasteiger partial charge in [0.15, 0.2) is 0 Å². The molecule has 1 fully saturated rings. The number of rotatable bonds is 5. The van der Waals surface area contributed by atoms with Gasteiger partial charge in [0.1, 0.15) is 0 Å². The summed E-state index contributed by atoms with van der Waals surface area (Å²) in [4.78, 5) is 23.2. The maximum atomic E-state index is 12.3. The Balaban J connectivity index is 2.05. The van der Waals surface area contributed by atoms with Gasteiger partial charge in [-0.2, -0.15) is 0 Å². The zero-order chi connectivity index (χ0) is 14.8. The molecule has 2 N–H and O–H groups in total. The van der Waals surface area contributed by atoms with Crippen LogP contribution in [0.1, 0.15) is 44.1 Å². The summed E-state index contributed by atoms with van der Waals surface area (Å²) < 4.78 is 0. The van der Waals surface area contributed by atoms with Gasteiger partial charge in [-0.25, -0.2) is 0 Å². The molecule has 20 heavy (non-hydrogen) atoms. The molecule has 1 aliphatic rings. The number of aliphatic carboxylic acids is 1. The lowest BCUT2D eigenvalue weighted by molar-refractivity contribution is -0.140. The molecule has 0 bridgehead atoms. The number of hydrogen-bond acceptors (Lipinski definition) is 2. The van der Waals surface area contributed by atoms with Gasteiger partial charge in [0.2, 0.25) is 5.91 Å². The Bertz CT molecular complexity index is 526. The van der Waals surface area contributed by atoms with Crippen molar-refractivity contribution >= 4 is 23.5 Å². The van der Waals surface area contributed by atoms with Gasteiger partial charge >= 0.3 is 5.97 Å². The standard InChI is InChI=1S/C15H18ClNO3/c1-10(11-4-2-5-12(16)8-11)14(20)17-15(6-3-7-15)9-13(18)19/h2,4-5,8,10H,3,6-7,9H2,1H3,(H,17,20)(H,18,19). The second-order valence-electron chi connectivity index (χ2n) is 5.47. The van der Waals surface area contributed by atoms with Gasteiger partial charge in [0.25, 0.3) is 0 Å². The number of carbonyl (C=O) groups excluding carboxylic acids is 1. The second kappa shape index (κ2) is 5.83. The average Bonchev–Trinajstić information content (AvgIpc) is 2.34. The quantitative estimate of drug-likeness (QED) is 0.877. The van der Waals surface area contributed by atoms with Crippen molar-refractivity contribution in [1.29, 1.82) is 0 Å². The molecule has 1 aromatic rings. The number of amides is 1. The molecule has 1 unspecified atom stereocenters. The predicted octanol–water partition coefficient (Wildman–Crippen LogP) is 2.96. The van der Waals surface area contributed by atoms with E-state index in [1.54, 1.807) is 25.1 Å². The Kier molecular flexibility index (Phi) is 4.33. The minimum atomic E-state index is -0.875. The van der Waals surface area contributed by atoms with Crippen LogP contribution < -0.4 is 5.32 Å². The van der Waals surface area contributed by atoms with Crippen LogP contribution in [0.25, 0.3) is 0 Å². The van der Waals surface area contributed by atoms with Crippen LogP contribution in [-0.4, -0.2) is 22.5 Å². The highest BCUT2D eigenvalue weighted by molar-refractivity contribution is 6.30. The maximum Gasteiger partial charge on any atom is 0.305 e. The first-order chi connectivity index (χ1) is 9.42. The van der Waals surface area contributed by atoms with Crippen molar-refractivity contribution in [2.45, 2.75) is 44.1 Å². The lowest BCUT2D eigenvalue weighted by Crippen LogP contribution is -2.55. The molecule has 0 aliphatic heterocycles. The zero-order valence-electron chi connectivity index (χ0n) is 11.4. The number of halogens is 1. The summed E-state index contributed by atoms with van der Waals surface area (Å²) in [6, 6.07) is 7.17. The fraction of sp³-hybridized carbons (Fsp3) is 0.467. The molecule has 0 spiro atoms. The smallest absolute Gasteiger partial charge is 0.305 e. The van der Waals surface area contributed by atoms with Crippen molar-refractivity contribution < 1.29 is 14.7 Å². The SMILES string of the molecule is CC(C(=O)NC1(CC(=O)O)CCC1)c1cccc(Cl)c1. The van der Waals surface area contributed by atoms with Crippen LogP contribution in [0.5, 0.6) is 0 Å². The summed E-state index contributed by atoms with van der Waals surface area (Å²) in [5.74, 6) is -1.37. The van der Waals surface area contributed by atoms with Gasteiger partial charge < -0.3 is 10.4 Å². The van der Waals surface area contributed by atoms with Crippen molar-refractivity contribution in [3.63, 3.8) is 0 Å². The molecule has 108 valence electrons. The van der Waals surface area contributed by atoms with Gasteiger partial charge in [0.05, 0.1) is 17.9 Å². The molecular weight excluding hydrogens is 278 g/mol. The van der Waals surface area contributed by atoms with E-state index >= 15 is 0 Å². The van der Waals surface area contributed by atoms with E-state index in [1.165, 1.54) is 0 Å². The third-order valence-corrected chi connectivity index (χ3v) is 4.17. The number of nitrogens with one attached hydrogen (secondary N) is 1. The number of carbonyl (C=O) groups is 2. The van der Waals surface area contributed by atoms with Crippen LogP contribution in [0, 0.1) is 0 Å². The number of carboxylic acid groups (broad SMARTS) is 1. The van der Waals surface area contributed by atoms with Gasteiger partial charge in [-0.3, -0.25) is 9.59 Å². The van der Waals surface area contributed by atoms with Gasteiger partial charge in [-0.1, -0.05) is 23.7 Å². The van der Waals surface area contributed by atoms with Gasteiger partial charge in [0, 0.05) is 5.02 Å². The van der Waals surface area contributed by atoms with Crippen LogP contribution in [0.4, 0.5) is 0 Å². The summed E-state index contributed by atoms with van der Waals surface area (Å²) in [5.41, 5.74) is 0.273. The highest BCUT2D eigenvalue weighted by Gasteiger charge is 2.41. The first kappa shape index (κ1) is 14.9. The highest BCUT2D eigenvalue weighted by atomic mass is 35.5. The first-order valence-electron chi connectivity index (χ1n) is 6.71. The number of hydrogen-bond donors (Lipinski definition) is 2. The Morgan fingerprint density at radius 2 is 2.15 bits per heavy atom. The summed E-state index contributed by atoms with van der Waals surface area (Å²) in [5, 5.41) is 12.5. The van der Waals surface area contributed by atoms with Crippen LogP contribution >= 0.6 is 11.6 Å². The predicted molar refractivity (Wildman–Crippen MR) is 76.8 cm³/mol. The zero-order valence-corrected chi connectivity index (χ0v) is 12.1. The van der Waals surface area contributed by atoms with Gasteiger partial charge in [-0.05, 0) is 43.9 Å². The summed E-state index contributed by atoms with van der Waals surface area (Å²) in [6.07, 6.45) is 2.40. The monoisotopic (exact) mass is 295 g/mol. The molecule has 0 radical (unpaired) electrons. The third-order valence-electron chi connectivity index (χ3n) is 3.93. The number of carboxylic acids is 1. The van der Waals surface area contributed by atoms with Crippen molar-refractivity contribution in [1.82, 2.24) is 5.32 Å². The van der Waals surface area contributed by atoms with Crippen LogP contribution in [0.15, 0.2) is 24.3 Å². The summed E-state index contributed by atoms with van der Waals surface area (Å²) in [6.45, 7) is 1.80. The molecule has 4 nitrogen and oxygen atoms in total. The first-order valence-corrected chi connectivity index (χ1v) is 7.09. The van der Waals surface area contributed by atoms with Crippen LogP contribution in [0.2, 0.25) is 5.02 Å². The molecule has 1 aliphatic carbocycles. The highest BCUT2D eigenvalue weighted by Crippen LogP contribution is 2.35. The Hall–Kier alpha value is -1.55. The Morgan fingerprint density at radius 3 is 2.65 bits per heavy atom. The van der Waals surface area contributed by atoms with Crippen molar-refractivity contribution in [2.24, 2.45) is 0 Å². The molecule has 5 heteroatoms. The van der Waals surface area contributed by atoms with E-state index in [2.05, 4.69) is 5.32 Å². The van der Waals surface area contributed by atoms with Gasteiger partial charge in [-0.15, -0.1) is 0 Å². The molecule has 1 atom stereocenters. The minimum absolute atomic E-state index is 0.0129. The van der Waals surface area contributed by atoms with Crippen molar-refractivity contribution in [2.75, 3.05) is 0 Å². The van der Waals surface area contributed by atoms with E-state index < -0.39 is 11.5 Å². The van der Waals surface area contributed by atoms with Crippen molar-refractivity contribution in [3.05, 3.63) is 34.9 Å². The van der Waals surface area contributed by atoms with E-state index in [1.807, 2.05) is 6.07 Å². The van der Waals surface area contributed by atoms with Crippen molar-refractivity contribution in [3.8, 4) is 0 Å². The van der Waals surface area contributed by atoms with Crippen LogP contribution in [0.3, 0.4) is 0 Å². The fourth-order valence-electron chi connectivity index (χ4n) is 2.54. The van der Waals surface area contributed by atoms with E-state index in [0.717, 1.165) is 24.8 Å². The lowest BCUT2D eigenvalue weighted by atomic mass is 9.74. The maximum absolute atomic E-state index is 12.3. The average molecular weight is 296 g/mol. The lowest BCUT2D eigenvalue weighted by Gasteiger charge is -2.42. The topological polar surface area (TPSA) is 66.4 Å². The molecule has 0 heterocycles. The van der Waals surface area contributed by atoms with E-state index in [0.29, 0.717) is 5.02 Å². The number of benzene rings is 1. The van der Waals surface area contributed by atoms with E-state index in [-0.39, 0.29) is 18.2 Å². The minimum Gasteiger partial charge on any atom is -0.481 e. The molecule has 0 aromatic heterocycles. The normalized spacial score (nSPS) is 17.9. The molecule has 2 rings (SSSR count). The third kappa shape index (κ3) is 3.31. The fourth-order valence-corrected chi connectivity index (χ4v) is 2.73. The molecular formula is C15H18ClNO3. The van der Waals surface area contributed by atoms with E-state index in [4.69, 9.17) is 16.7 Å². The molecule has 1 aromatic carbocycles. The summed E-state index contributed by atoms with van der Waals surface area (Å²) >= 11 is 5.92. The Morgan fingerprint density at radius 1 is 1.45 bits per heavy atom. The van der Waals surface area contributed by atoms with E-state index in [9.17, 15) is 9.59 Å². The van der Waals surface area contributed by atoms with Crippen LogP contribution in [-0.2, 0) is 9.59 Å². The molecule has 1 amide bonds. The molecule has 0 saturated heterocycles. The molecule has 1 saturated carbocycles. The largest absolute Gasteiger partial charge is 0.481 e. The second-order valence-corrected chi connectivity index (χ2v) is 5.91. The Labute approximate surface area is 123 Å². The summed E-state index contributed by atoms with van der Waals surface area (Å²) in [7, 11) is 0.